The Kier molecular flexibility index (Phi) is 3.27. The number of primary amides is 1. The van der Waals surface area contributed by atoms with E-state index < -0.39 is 0 Å². The van der Waals surface area contributed by atoms with Gasteiger partial charge in [0.25, 0.3) is 0 Å². The first-order valence-electron chi connectivity index (χ1n) is 4.61. The zero-order valence-electron chi connectivity index (χ0n) is 8.30. The summed E-state index contributed by atoms with van der Waals surface area (Å²) in [5, 5.41) is 3.28. The minimum absolute atomic E-state index is 0.162. The average Bonchev–Trinajstić information content (AvgIpc) is 1.96. The van der Waals surface area contributed by atoms with Gasteiger partial charge in [-0.2, -0.15) is 0 Å². The summed E-state index contributed by atoms with van der Waals surface area (Å²) >= 11 is 0. The van der Waals surface area contributed by atoms with E-state index in [1.54, 1.807) is 0 Å². The van der Waals surface area contributed by atoms with Crippen molar-refractivity contribution in [2.45, 2.75) is 26.3 Å². The van der Waals surface area contributed by atoms with E-state index >= 15 is 0 Å². The van der Waals surface area contributed by atoms with Crippen LogP contribution in [0.1, 0.15) is 20.3 Å². The fraction of sp³-hybridized carbons (Fsp3) is 0.889. The predicted molar refractivity (Wildman–Crippen MR) is 50.2 cm³/mol. The van der Waals surface area contributed by atoms with Crippen LogP contribution >= 0.6 is 0 Å². The van der Waals surface area contributed by atoms with Crippen LogP contribution < -0.4 is 11.1 Å². The summed E-state index contributed by atoms with van der Waals surface area (Å²) in [6.07, 6.45) is 0.400. The monoisotopic (exact) mass is 186 g/mol. The third kappa shape index (κ3) is 3.32. The highest BCUT2D eigenvalue weighted by Crippen LogP contribution is 2.25. The first kappa shape index (κ1) is 10.5. The molecule has 0 saturated carbocycles. The lowest BCUT2D eigenvalue weighted by atomic mass is 9.88. The lowest BCUT2D eigenvalue weighted by molar-refractivity contribution is -0.118. The number of ether oxygens (including phenoxy) is 1. The third-order valence-corrected chi connectivity index (χ3v) is 2.29. The molecule has 1 fully saturated rings. The zero-order chi connectivity index (χ0) is 9.90. The van der Waals surface area contributed by atoms with Crippen LogP contribution in [0.3, 0.4) is 0 Å². The predicted octanol–water partition coefficient (Wildman–Crippen LogP) is -0.124. The van der Waals surface area contributed by atoms with Crippen molar-refractivity contribution in [1.29, 1.82) is 0 Å². The van der Waals surface area contributed by atoms with Crippen LogP contribution in [0.25, 0.3) is 0 Å². The van der Waals surface area contributed by atoms with Gasteiger partial charge in [-0.25, -0.2) is 0 Å². The number of amides is 1. The number of carbonyl (C=O) groups is 1. The number of rotatable bonds is 5. The van der Waals surface area contributed by atoms with Crippen LogP contribution in [0.5, 0.6) is 0 Å². The van der Waals surface area contributed by atoms with Gasteiger partial charge in [-0.15, -0.1) is 0 Å². The fourth-order valence-corrected chi connectivity index (χ4v) is 1.35. The van der Waals surface area contributed by atoms with Crippen LogP contribution in [-0.2, 0) is 9.53 Å². The minimum Gasteiger partial charge on any atom is -0.380 e. The molecule has 0 bridgehead atoms. The molecule has 0 aromatic carbocycles. The molecule has 1 amide bonds. The molecule has 0 aromatic rings. The maximum absolute atomic E-state index is 10.6. The Labute approximate surface area is 78.8 Å². The highest BCUT2D eigenvalue weighted by molar-refractivity contribution is 5.74. The van der Waals surface area contributed by atoms with Gasteiger partial charge in [0.1, 0.15) is 0 Å². The van der Waals surface area contributed by atoms with Crippen molar-refractivity contribution in [2.24, 2.45) is 11.1 Å². The molecule has 0 aromatic heterocycles. The van der Waals surface area contributed by atoms with E-state index in [1.165, 1.54) is 0 Å². The summed E-state index contributed by atoms with van der Waals surface area (Å²) in [6.45, 7) is 6.64. The Morgan fingerprint density at radius 3 is 2.69 bits per heavy atom. The second-order valence-corrected chi connectivity index (χ2v) is 4.26. The minimum atomic E-state index is -0.255. The normalized spacial score (nSPS) is 22.0. The van der Waals surface area contributed by atoms with Gasteiger partial charge in [-0.1, -0.05) is 6.92 Å². The van der Waals surface area contributed by atoms with Crippen LogP contribution in [0, 0.1) is 5.41 Å². The van der Waals surface area contributed by atoms with Gasteiger partial charge < -0.3 is 15.8 Å². The van der Waals surface area contributed by atoms with Gasteiger partial charge in [-0.05, 0) is 6.92 Å². The molecule has 1 aliphatic heterocycles. The van der Waals surface area contributed by atoms with Gasteiger partial charge in [0.2, 0.25) is 5.91 Å². The molecular weight excluding hydrogens is 168 g/mol. The van der Waals surface area contributed by atoms with E-state index in [2.05, 4.69) is 12.2 Å². The van der Waals surface area contributed by atoms with E-state index in [1.807, 2.05) is 6.92 Å². The van der Waals surface area contributed by atoms with E-state index in [0.29, 0.717) is 6.42 Å². The summed E-state index contributed by atoms with van der Waals surface area (Å²) in [5.41, 5.74) is 5.33. The second-order valence-electron chi connectivity index (χ2n) is 4.26. The summed E-state index contributed by atoms with van der Waals surface area (Å²) in [6, 6.07) is 0.162. The number of nitrogens with two attached hydrogens (primary N) is 1. The Morgan fingerprint density at radius 1 is 1.69 bits per heavy atom. The molecule has 1 unspecified atom stereocenters. The van der Waals surface area contributed by atoms with E-state index in [4.69, 9.17) is 10.5 Å². The molecule has 1 aliphatic rings. The van der Waals surface area contributed by atoms with Gasteiger partial charge in [0, 0.05) is 24.4 Å². The van der Waals surface area contributed by atoms with Crippen molar-refractivity contribution in [3.63, 3.8) is 0 Å². The topological polar surface area (TPSA) is 64.4 Å². The number of hydrogen-bond donors (Lipinski definition) is 2. The lowest BCUT2D eigenvalue weighted by Gasteiger charge is -2.38. The summed E-state index contributed by atoms with van der Waals surface area (Å²) in [5.74, 6) is -0.255. The molecule has 76 valence electrons. The Balaban J connectivity index is 2.14. The molecule has 0 radical (unpaired) electrons. The first-order valence-corrected chi connectivity index (χ1v) is 4.61. The van der Waals surface area contributed by atoms with E-state index in [0.717, 1.165) is 19.8 Å². The van der Waals surface area contributed by atoms with Crippen LogP contribution in [0.15, 0.2) is 0 Å². The van der Waals surface area contributed by atoms with Gasteiger partial charge in [0.15, 0.2) is 0 Å². The molecule has 1 heterocycles. The van der Waals surface area contributed by atoms with Crippen LogP contribution in [0.2, 0.25) is 0 Å². The standard InChI is InChI=1S/C9H18N2O2/c1-7(3-8(10)12)11-4-9(2)5-13-6-9/h7,11H,3-6H2,1-2H3,(H2,10,12). The zero-order valence-corrected chi connectivity index (χ0v) is 8.30. The molecule has 13 heavy (non-hydrogen) atoms. The molecule has 1 saturated heterocycles. The fourth-order valence-electron chi connectivity index (χ4n) is 1.35. The highest BCUT2D eigenvalue weighted by Gasteiger charge is 2.33. The summed E-state index contributed by atoms with van der Waals surface area (Å²) < 4.78 is 5.12. The average molecular weight is 186 g/mol. The Bertz CT molecular complexity index is 190. The summed E-state index contributed by atoms with van der Waals surface area (Å²) in [7, 11) is 0. The van der Waals surface area contributed by atoms with Crippen molar-refractivity contribution < 1.29 is 9.53 Å². The largest absolute Gasteiger partial charge is 0.380 e. The molecule has 4 nitrogen and oxygen atoms in total. The highest BCUT2D eigenvalue weighted by atomic mass is 16.5. The van der Waals surface area contributed by atoms with E-state index in [9.17, 15) is 4.79 Å². The Hall–Kier alpha value is -0.610. The lowest BCUT2D eigenvalue weighted by Crippen LogP contribution is -2.49. The first-order chi connectivity index (χ1) is 6.02. The molecule has 0 aliphatic carbocycles. The third-order valence-electron chi connectivity index (χ3n) is 2.29. The molecule has 3 N–H and O–H groups in total. The van der Waals surface area contributed by atoms with Gasteiger partial charge >= 0.3 is 0 Å². The maximum Gasteiger partial charge on any atom is 0.218 e. The summed E-state index contributed by atoms with van der Waals surface area (Å²) in [4.78, 5) is 10.6. The van der Waals surface area contributed by atoms with Crippen molar-refractivity contribution in [3.8, 4) is 0 Å². The number of carbonyl (C=O) groups excluding carboxylic acids is 1. The molecule has 1 atom stereocenters. The number of nitrogens with one attached hydrogen (secondary N) is 1. The van der Waals surface area contributed by atoms with Gasteiger partial charge in [-0.3, -0.25) is 4.79 Å². The van der Waals surface area contributed by atoms with Crippen LogP contribution in [-0.4, -0.2) is 31.7 Å². The van der Waals surface area contributed by atoms with Crippen molar-refractivity contribution in [1.82, 2.24) is 5.32 Å². The van der Waals surface area contributed by atoms with Crippen molar-refractivity contribution in [2.75, 3.05) is 19.8 Å². The van der Waals surface area contributed by atoms with Crippen molar-refractivity contribution >= 4 is 5.91 Å². The SMILES string of the molecule is CC(CC(N)=O)NCC1(C)COC1. The molecule has 1 rings (SSSR count). The molecule has 4 heteroatoms. The van der Waals surface area contributed by atoms with Crippen molar-refractivity contribution in [3.05, 3.63) is 0 Å². The quantitative estimate of drug-likeness (QED) is 0.629. The van der Waals surface area contributed by atoms with Gasteiger partial charge in [0.05, 0.1) is 13.2 Å². The van der Waals surface area contributed by atoms with E-state index in [-0.39, 0.29) is 17.4 Å². The molecule has 0 spiro atoms. The molecular formula is C9H18N2O2. The second kappa shape index (κ2) is 4.07. The smallest absolute Gasteiger partial charge is 0.218 e. The van der Waals surface area contributed by atoms with Crippen LogP contribution in [0.4, 0.5) is 0 Å². The number of hydrogen-bond acceptors (Lipinski definition) is 3. The maximum atomic E-state index is 10.6. The Morgan fingerprint density at radius 2 is 2.31 bits per heavy atom.